The van der Waals surface area contributed by atoms with E-state index in [0.29, 0.717) is 17.1 Å². The first-order chi connectivity index (χ1) is 13.7. The maximum atomic E-state index is 12.6. The van der Waals surface area contributed by atoms with Crippen molar-refractivity contribution in [2.75, 3.05) is 30.7 Å². The van der Waals surface area contributed by atoms with Gasteiger partial charge in [0, 0.05) is 23.6 Å². The molecule has 0 saturated carbocycles. The number of nitrogens with zero attached hydrogens (tertiary/aromatic N) is 2. The number of amides is 2. The van der Waals surface area contributed by atoms with Crippen molar-refractivity contribution < 1.29 is 18.0 Å². The molecule has 1 aliphatic rings. The number of sulfonamides is 1. The molecular formula is C20H22ClN3O4S. The summed E-state index contributed by atoms with van der Waals surface area (Å²) in [5.41, 5.74) is 1.52. The van der Waals surface area contributed by atoms with Gasteiger partial charge in [0.1, 0.15) is 0 Å². The molecule has 1 unspecified atom stereocenters. The molecule has 1 heterocycles. The summed E-state index contributed by atoms with van der Waals surface area (Å²) < 4.78 is 24.8. The highest BCUT2D eigenvalue weighted by Gasteiger charge is 2.36. The highest BCUT2D eigenvalue weighted by molar-refractivity contribution is 7.94. The molecule has 2 aromatic carbocycles. The van der Waals surface area contributed by atoms with Crippen molar-refractivity contribution in [3.05, 3.63) is 64.7 Å². The smallest absolute Gasteiger partial charge is 0.251 e. The number of rotatable bonds is 6. The van der Waals surface area contributed by atoms with Crippen LogP contribution in [0.5, 0.6) is 0 Å². The second kappa shape index (κ2) is 8.52. The van der Waals surface area contributed by atoms with E-state index in [1.807, 2.05) is 43.3 Å². The molecule has 0 spiro atoms. The summed E-state index contributed by atoms with van der Waals surface area (Å²) in [5, 5.41) is 3.51. The summed E-state index contributed by atoms with van der Waals surface area (Å²) in [6.45, 7) is 0.344. The van der Waals surface area contributed by atoms with Crippen LogP contribution in [-0.4, -0.2) is 51.5 Å². The zero-order chi connectivity index (χ0) is 21.2. The van der Waals surface area contributed by atoms with Gasteiger partial charge >= 0.3 is 0 Å². The fraction of sp³-hybridized carbons (Fsp3) is 0.300. The predicted octanol–water partition coefficient (Wildman–Crippen LogP) is 2.44. The Balaban J connectivity index is 1.71. The summed E-state index contributed by atoms with van der Waals surface area (Å²) in [7, 11) is 0.187. The zero-order valence-electron chi connectivity index (χ0n) is 16.1. The Hall–Kier alpha value is -2.42. The third-order valence-corrected chi connectivity index (χ3v) is 6.82. The van der Waals surface area contributed by atoms with Gasteiger partial charge in [0.25, 0.3) is 5.91 Å². The van der Waals surface area contributed by atoms with E-state index in [0.717, 1.165) is 9.87 Å². The third kappa shape index (κ3) is 4.60. The zero-order valence-corrected chi connectivity index (χ0v) is 17.7. The van der Waals surface area contributed by atoms with Crippen molar-refractivity contribution in [2.45, 2.75) is 12.5 Å². The van der Waals surface area contributed by atoms with Gasteiger partial charge in [-0.3, -0.25) is 9.59 Å². The quantitative estimate of drug-likeness (QED) is 0.753. The number of nitrogens with one attached hydrogen (secondary N) is 1. The minimum atomic E-state index is -3.62. The second-order valence-corrected chi connectivity index (χ2v) is 9.33. The van der Waals surface area contributed by atoms with Gasteiger partial charge in [-0.2, -0.15) is 0 Å². The molecule has 7 nitrogen and oxygen atoms in total. The lowest BCUT2D eigenvalue weighted by Crippen LogP contribution is -2.34. The Kier molecular flexibility index (Phi) is 6.26. The summed E-state index contributed by atoms with van der Waals surface area (Å²) in [6, 6.07) is 13.3. The van der Waals surface area contributed by atoms with Crippen molar-refractivity contribution in [2.24, 2.45) is 0 Å². The number of anilines is 1. The molecule has 29 heavy (non-hydrogen) atoms. The Bertz CT molecular complexity index is 1020. The molecule has 2 amide bonds. The van der Waals surface area contributed by atoms with Gasteiger partial charge in [-0.1, -0.05) is 29.8 Å². The highest BCUT2D eigenvalue weighted by Crippen LogP contribution is 2.27. The fourth-order valence-corrected chi connectivity index (χ4v) is 4.95. The lowest BCUT2D eigenvalue weighted by Gasteiger charge is -2.26. The molecule has 2 aromatic rings. The van der Waals surface area contributed by atoms with Crippen LogP contribution in [0.15, 0.2) is 48.5 Å². The molecule has 1 saturated heterocycles. The van der Waals surface area contributed by atoms with Crippen molar-refractivity contribution in [3.63, 3.8) is 0 Å². The van der Waals surface area contributed by atoms with Crippen molar-refractivity contribution >= 4 is 39.1 Å². The topological polar surface area (TPSA) is 86.8 Å². The lowest BCUT2D eigenvalue weighted by atomic mass is 10.1. The average Bonchev–Trinajstić information content (AvgIpc) is 2.95. The van der Waals surface area contributed by atoms with Crippen LogP contribution >= 0.6 is 11.6 Å². The largest absolute Gasteiger partial charge is 0.350 e. The average molecular weight is 436 g/mol. The second-order valence-electron chi connectivity index (χ2n) is 6.98. The highest BCUT2D eigenvalue weighted by atomic mass is 35.5. The number of carbonyl (C=O) groups is 2. The molecule has 0 aromatic heterocycles. The Morgan fingerprint density at radius 3 is 2.38 bits per heavy atom. The normalized spacial score (nSPS) is 16.8. The molecule has 0 radical (unpaired) electrons. The minimum absolute atomic E-state index is 0.0292. The third-order valence-electron chi connectivity index (χ3n) is 4.79. The molecular weight excluding hydrogens is 414 g/mol. The maximum absolute atomic E-state index is 12.6. The predicted molar refractivity (Wildman–Crippen MR) is 113 cm³/mol. The fourth-order valence-electron chi connectivity index (χ4n) is 3.22. The molecule has 1 fully saturated rings. The van der Waals surface area contributed by atoms with Gasteiger partial charge in [-0.05, 0) is 50.0 Å². The molecule has 3 rings (SSSR count). The summed E-state index contributed by atoms with van der Waals surface area (Å²) in [6.07, 6.45) is -0.0292. The van der Waals surface area contributed by atoms with E-state index in [4.69, 9.17) is 11.6 Å². The Morgan fingerprint density at radius 1 is 1.17 bits per heavy atom. The molecule has 0 aliphatic carbocycles. The van der Waals surface area contributed by atoms with Crippen LogP contribution in [0, 0.1) is 0 Å². The maximum Gasteiger partial charge on any atom is 0.251 e. The Morgan fingerprint density at radius 2 is 1.83 bits per heavy atom. The summed E-state index contributed by atoms with van der Waals surface area (Å²) in [4.78, 5) is 26.4. The van der Waals surface area contributed by atoms with Crippen LogP contribution < -0.4 is 9.62 Å². The summed E-state index contributed by atoms with van der Waals surface area (Å²) >= 11 is 6.29. The van der Waals surface area contributed by atoms with Crippen LogP contribution in [0.2, 0.25) is 5.02 Å². The number of likely N-dealkylation sites (N-methyl/N-ethyl adjacent to an activating group) is 1. The van der Waals surface area contributed by atoms with E-state index in [9.17, 15) is 18.0 Å². The molecule has 1 atom stereocenters. The standard InChI is InChI=1S/C20H22ClN3O4S/c1-23(2)18(16-5-3-4-6-17(16)21)13-22-20(26)14-7-9-15(10-8-14)24-19(25)11-12-29(24,27)28/h3-10,18H,11-13H2,1-2H3,(H,22,26). The van der Waals surface area contributed by atoms with Crippen molar-refractivity contribution in [1.29, 1.82) is 0 Å². The van der Waals surface area contributed by atoms with Gasteiger partial charge in [0.05, 0.1) is 17.5 Å². The molecule has 0 bridgehead atoms. The Labute approximate surface area is 175 Å². The van der Waals surface area contributed by atoms with Crippen LogP contribution in [0.1, 0.15) is 28.4 Å². The van der Waals surface area contributed by atoms with Gasteiger partial charge in [-0.15, -0.1) is 0 Å². The molecule has 1 aliphatic heterocycles. The van der Waals surface area contributed by atoms with E-state index in [2.05, 4.69) is 5.32 Å². The lowest BCUT2D eigenvalue weighted by molar-refractivity contribution is -0.116. The van der Waals surface area contributed by atoms with Gasteiger partial charge < -0.3 is 10.2 Å². The first kappa shape index (κ1) is 21.3. The van der Waals surface area contributed by atoms with Gasteiger partial charge in [0.15, 0.2) is 0 Å². The van der Waals surface area contributed by atoms with Gasteiger partial charge in [-0.25, -0.2) is 12.7 Å². The number of hydrogen-bond acceptors (Lipinski definition) is 5. The SMILES string of the molecule is CN(C)C(CNC(=O)c1ccc(N2C(=O)CCS2(=O)=O)cc1)c1ccccc1Cl. The summed E-state index contributed by atoms with van der Waals surface area (Å²) in [5.74, 6) is -0.955. The van der Waals surface area contributed by atoms with Crippen LogP contribution in [0.25, 0.3) is 0 Å². The minimum Gasteiger partial charge on any atom is -0.350 e. The molecule has 154 valence electrons. The van der Waals surface area contributed by atoms with Gasteiger partial charge in [0.2, 0.25) is 15.9 Å². The first-order valence-corrected chi connectivity index (χ1v) is 11.0. The van der Waals surface area contributed by atoms with E-state index in [-0.39, 0.29) is 29.8 Å². The van der Waals surface area contributed by atoms with Crippen LogP contribution in [0.3, 0.4) is 0 Å². The van der Waals surface area contributed by atoms with E-state index in [1.54, 1.807) is 0 Å². The van der Waals surface area contributed by atoms with Crippen LogP contribution in [0.4, 0.5) is 5.69 Å². The molecule has 9 heteroatoms. The number of benzene rings is 2. The van der Waals surface area contributed by atoms with Crippen LogP contribution in [-0.2, 0) is 14.8 Å². The molecule has 1 N–H and O–H groups in total. The number of halogens is 1. The van der Waals surface area contributed by atoms with E-state index >= 15 is 0 Å². The van der Waals surface area contributed by atoms with E-state index < -0.39 is 15.9 Å². The number of hydrogen-bond donors (Lipinski definition) is 1. The van der Waals surface area contributed by atoms with Crippen molar-refractivity contribution in [1.82, 2.24) is 10.2 Å². The van der Waals surface area contributed by atoms with E-state index in [1.165, 1.54) is 24.3 Å². The first-order valence-electron chi connectivity index (χ1n) is 9.05. The van der Waals surface area contributed by atoms with Crippen molar-refractivity contribution in [3.8, 4) is 0 Å². The number of carbonyl (C=O) groups excluding carboxylic acids is 2. The monoisotopic (exact) mass is 435 g/mol.